The van der Waals surface area contributed by atoms with Crippen molar-refractivity contribution in [2.24, 2.45) is 11.8 Å². The number of hydrogen-bond donors (Lipinski definition) is 2. The highest BCUT2D eigenvalue weighted by Crippen LogP contribution is 2.40. The van der Waals surface area contributed by atoms with E-state index >= 15 is 0 Å². The smallest absolute Gasteiger partial charge is 0.309 e. The van der Waals surface area contributed by atoms with Crippen LogP contribution in [0.15, 0.2) is 0 Å². The number of rotatable bonds is 5. The molecule has 2 N–H and O–H groups in total. The molecule has 3 atom stereocenters. The van der Waals surface area contributed by atoms with Gasteiger partial charge in [-0.1, -0.05) is 39.5 Å². The van der Waals surface area contributed by atoms with Gasteiger partial charge in [-0.15, -0.1) is 0 Å². The van der Waals surface area contributed by atoms with Crippen LogP contribution in [0.1, 0.15) is 58.8 Å². The minimum absolute atomic E-state index is 0.498. The first-order valence-electron chi connectivity index (χ1n) is 6.48. The summed E-state index contributed by atoms with van der Waals surface area (Å²) in [6.45, 7) is 4.09. The minimum Gasteiger partial charge on any atom is -0.481 e. The van der Waals surface area contributed by atoms with Crippen LogP contribution < -0.4 is 0 Å². The van der Waals surface area contributed by atoms with Gasteiger partial charge >= 0.3 is 5.97 Å². The predicted molar refractivity (Wildman–Crippen MR) is 63.2 cm³/mol. The van der Waals surface area contributed by atoms with Gasteiger partial charge in [-0.2, -0.15) is 0 Å². The lowest BCUT2D eigenvalue weighted by molar-refractivity contribution is -0.157. The van der Waals surface area contributed by atoms with Crippen LogP contribution in [0.2, 0.25) is 0 Å². The first kappa shape index (κ1) is 13.5. The molecule has 3 unspecified atom stereocenters. The molecule has 0 radical (unpaired) electrons. The maximum absolute atomic E-state index is 11.2. The summed E-state index contributed by atoms with van der Waals surface area (Å²) in [4.78, 5) is 11.2. The van der Waals surface area contributed by atoms with E-state index in [1.54, 1.807) is 0 Å². The van der Waals surface area contributed by atoms with Gasteiger partial charge in [0.15, 0.2) is 0 Å². The summed E-state index contributed by atoms with van der Waals surface area (Å²) < 4.78 is 0. The highest BCUT2D eigenvalue weighted by Gasteiger charge is 2.43. The third-order valence-corrected chi connectivity index (χ3v) is 3.97. The molecule has 0 aromatic heterocycles. The molecule has 0 spiro atoms. The van der Waals surface area contributed by atoms with Crippen molar-refractivity contribution in [3.05, 3.63) is 0 Å². The van der Waals surface area contributed by atoms with Crippen molar-refractivity contribution in [2.45, 2.75) is 64.4 Å². The van der Waals surface area contributed by atoms with E-state index < -0.39 is 17.5 Å². The van der Waals surface area contributed by atoms with Gasteiger partial charge in [0, 0.05) is 0 Å². The maximum atomic E-state index is 11.2. The van der Waals surface area contributed by atoms with Crippen LogP contribution in [-0.2, 0) is 4.79 Å². The second-order valence-electron chi connectivity index (χ2n) is 5.15. The number of carboxylic acid groups (broad SMARTS) is 1. The first-order valence-corrected chi connectivity index (χ1v) is 6.48. The second-order valence-corrected chi connectivity index (χ2v) is 5.15. The molecule has 0 aliphatic heterocycles. The molecule has 0 heterocycles. The van der Waals surface area contributed by atoms with Crippen LogP contribution in [0, 0.1) is 11.8 Å². The van der Waals surface area contributed by atoms with Crippen LogP contribution in [0.3, 0.4) is 0 Å². The molecule has 3 heteroatoms. The van der Waals surface area contributed by atoms with E-state index in [1.165, 1.54) is 0 Å². The van der Waals surface area contributed by atoms with Crippen molar-refractivity contribution in [2.75, 3.05) is 0 Å². The molecule has 0 bridgehead atoms. The van der Waals surface area contributed by atoms with E-state index in [2.05, 4.69) is 6.92 Å². The fraction of sp³-hybridized carbons (Fsp3) is 0.923. The van der Waals surface area contributed by atoms with Gasteiger partial charge in [0.2, 0.25) is 0 Å². The molecule has 94 valence electrons. The average Bonchev–Trinajstić information content (AvgIpc) is 2.25. The number of hydrogen-bond acceptors (Lipinski definition) is 2. The zero-order valence-electron chi connectivity index (χ0n) is 10.4. The Morgan fingerprint density at radius 1 is 1.50 bits per heavy atom. The second kappa shape index (κ2) is 5.67. The molecular weight excluding hydrogens is 204 g/mol. The minimum atomic E-state index is -0.958. The van der Waals surface area contributed by atoms with Crippen molar-refractivity contribution >= 4 is 5.97 Å². The Bertz CT molecular complexity index is 239. The molecule has 1 saturated carbocycles. The molecular formula is C13H24O3. The van der Waals surface area contributed by atoms with Gasteiger partial charge < -0.3 is 10.2 Å². The molecule has 1 rings (SSSR count). The number of aliphatic hydroxyl groups is 1. The quantitative estimate of drug-likeness (QED) is 0.760. The van der Waals surface area contributed by atoms with Crippen LogP contribution in [0.25, 0.3) is 0 Å². The summed E-state index contributed by atoms with van der Waals surface area (Å²) in [6.07, 6.45) is 5.86. The Hall–Kier alpha value is -0.570. The first-order chi connectivity index (χ1) is 7.53. The highest BCUT2D eigenvalue weighted by atomic mass is 16.4. The third kappa shape index (κ3) is 2.97. The van der Waals surface area contributed by atoms with Crippen molar-refractivity contribution in [1.29, 1.82) is 0 Å². The summed E-state index contributed by atoms with van der Waals surface area (Å²) in [5.41, 5.74) is -0.958. The van der Waals surface area contributed by atoms with Gasteiger partial charge in [-0.3, -0.25) is 4.79 Å². The van der Waals surface area contributed by atoms with Crippen LogP contribution in [0.5, 0.6) is 0 Å². The number of aliphatic carboxylic acids is 1. The lowest BCUT2D eigenvalue weighted by Gasteiger charge is -2.40. The molecule has 1 aliphatic rings. The standard InChI is InChI=1S/C13H24O3/c1-3-6-11(12(14)15)13(16)8-5-7-10(4-2)9-13/h10-11,16H,3-9H2,1-2H3,(H,14,15). The normalized spacial score (nSPS) is 32.3. The SMILES string of the molecule is CCCC(C(=O)O)C1(O)CCCC(CC)C1. The van der Waals surface area contributed by atoms with E-state index in [-0.39, 0.29) is 0 Å². The van der Waals surface area contributed by atoms with Crippen LogP contribution in [-0.4, -0.2) is 21.8 Å². The molecule has 1 fully saturated rings. The Morgan fingerprint density at radius 3 is 2.69 bits per heavy atom. The molecule has 0 amide bonds. The highest BCUT2D eigenvalue weighted by molar-refractivity contribution is 5.71. The summed E-state index contributed by atoms with van der Waals surface area (Å²) >= 11 is 0. The van der Waals surface area contributed by atoms with Crippen molar-refractivity contribution in [1.82, 2.24) is 0 Å². The average molecular weight is 228 g/mol. The van der Waals surface area contributed by atoms with Crippen molar-refractivity contribution < 1.29 is 15.0 Å². The Labute approximate surface area is 97.9 Å². The maximum Gasteiger partial charge on any atom is 0.309 e. The van der Waals surface area contributed by atoms with E-state index in [0.717, 1.165) is 25.7 Å². The number of carbonyl (C=O) groups is 1. The third-order valence-electron chi connectivity index (χ3n) is 3.97. The van der Waals surface area contributed by atoms with E-state index in [9.17, 15) is 15.0 Å². The van der Waals surface area contributed by atoms with Gasteiger partial charge in [0.05, 0.1) is 11.5 Å². The van der Waals surface area contributed by atoms with Gasteiger partial charge in [-0.05, 0) is 25.2 Å². The van der Waals surface area contributed by atoms with Crippen LogP contribution >= 0.6 is 0 Å². The van der Waals surface area contributed by atoms with Gasteiger partial charge in [0.1, 0.15) is 0 Å². The summed E-state index contributed by atoms with van der Waals surface area (Å²) in [6, 6.07) is 0. The lowest BCUT2D eigenvalue weighted by atomic mass is 9.69. The monoisotopic (exact) mass is 228 g/mol. The predicted octanol–water partition coefficient (Wildman–Crippen LogP) is 2.82. The largest absolute Gasteiger partial charge is 0.481 e. The lowest BCUT2D eigenvalue weighted by Crippen LogP contribution is -2.46. The summed E-state index contributed by atoms with van der Waals surface area (Å²) in [5.74, 6) is -0.912. The molecule has 0 saturated heterocycles. The molecule has 16 heavy (non-hydrogen) atoms. The van der Waals surface area contributed by atoms with E-state index in [4.69, 9.17) is 0 Å². The zero-order valence-corrected chi connectivity index (χ0v) is 10.4. The number of carboxylic acids is 1. The summed E-state index contributed by atoms with van der Waals surface area (Å²) in [7, 11) is 0. The molecule has 3 nitrogen and oxygen atoms in total. The summed E-state index contributed by atoms with van der Waals surface area (Å²) in [5, 5.41) is 19.8. The molecule has 1 aliphatic carbocycles. The van der Waals surface area contributed by atoms with Crippen molar-refractivity contribution in [3.8, 4) is 0 Å². The fourth-order valence-corrected chi connectivity index (χ4v) is 2.98. The van der Waals surface area contributed by atoms with Crippen LogP contribution in [0.4, 0.5) is 0 Å². The molecule has 0 aromatic carbocycles. The van der Waals surface area contributed by atoms with E-state index in [1.807, 2.05) is 6.92 Å². The van der Waals surface area contributed by atoms with Gasteiger partial charge in [-0.25, -0.2) is 0 Å². The Morgan fingerprint density at radius 2 is 2.19 bits per heavy atom. The molecule has 0 aromatic rings. The Balaban J connectivity index is 2.75. The topological polar surface area (TPSA) is 57.5 Å². The van der Waals surface area contributed by atoms with E-state index in [0.29, 0.717) is 25.2 Å². The zero-order chi connectivity index (χ0) is 12.2. The van der Waals surface area contributed by atoms with Crippen molar-refractivity contribution in [3.63, 3.8) is 0 Å². The Kier molecular flexibility index (Phi) is 4.78. The van der Waals surface area contributed by atoms with Gasteiger partial charge in [0.25, 0.3) is 0 Å². The fourth-order valence-electron chi connectivity index (χ4n) is 2.98.